The average Bonchev–Trinajstić information content (AvgIpc) is 3.49. The van der Waals surface area contributed by atoms with Crippen LogP contribution in [0.5, 0.6) is 11.5 Å². The third kappa shape index (κ3) is 7.89. The van der Waals surface area contributed by atoms with Gasteiger partial charge < -0.3 is 24.6 Å². The van der Waals surface area contributed by atoms with Crippen LogP contribution < -0.4 is 14.8 Å². The lowest BCUT2D eigenvalue weighted by molar-refractivity contribution is -0.128. The number of rotatable bonds is 15. The van der Waals surface area contributed by atoms with Crippen molar-refractivity contribution in [2.24, 2.45) is 10.1 Å². The lowest BCUT2D eigenvalue weighted by Gasteiger charge is -2.31. The molecule has 4 aromatic carbocycles. The monoisotopic (exact) mass is 637 g/mol. The molecule has 11 heteroatoms. The Balaban J connectivity index is 1.58. The lowest BCUT2D eigenvalue weighted by atomic mass is 9.80. The van der Waals surface area contributed by atoms with Gasteiger partial charge in [-0.25, -0.2) is 9.38 Å². The van der Waals surface area contributed by atoms with Crippen LogP contribution in [0.25, 0.3) is 10.4 Å². The molecule has 4 aromatic rings. The van der Waals surface area contributed by atoms with Gasteiger partial charge in [0.2, 0.25) is 5.90 Å². The summed E-state index contributed by atoms with van der Waals surface area (Å²) in [6.45, 7) is 0.662. The number of benzene rings is 4. The zero-order valence-corrected chi connectivity index (χ0v) is 26.0. The van der Waals surface area contributed by atoms with E-state index in [1.807, 2.05) is 42.5 Å². The maximum absolute atomic E-state index is 14.5. The molecule has 1 aliphatic heterocycles. The highest BCUT2D eigenvalue weighted by Gasteiger charge is 2.53. The van der Waals surface area contributed by atoms with E-state index in [2.05, 4.69) is 15.3 Å². The minimum Gasteiger partial charge on any atom is -0.497 e. The molecule has 0 unspecified atom stereocenters. The molecule has 242 valence electrons. The van der Waals surface area contributed by atoms with E-state index in [0.29, 0.717) is 41.2 Å². The Labute approximate surface area is 272 Å². The highest BCUT2D eigenvalue weighted by molar-refractivity contribution is 6.01. The van der Waals surface area contributed by atoms with E-state index in [4.69, 9.17) is 29.8 Å². The normalized spacial score (nSPS) is 16.8. The van der Waals surface area contributed by atoms with Gasteiger partial charge in [-0.1, -0.05) is 59.7 Å². The summed E-state index contributed by atoms with van der Waals surface area (Å²) < 4.78 is 32.2. The topological polar surface area (TPSA) is 138 Å². The van der Waals surface area contributed by atoms with Gasteiger partial charge in [-0.05, 0) is 76.7 Å². The molecular formula is C36H36FN5O5. The van der Waals surface area contributed by atoms with E-state index < -0.39 is 17.6 Å². The molecule has 0 radical (unpaired) electrons. The maximum atomic E-state index is 14.5. The summed E-state index contributed by atoms with van der Waals surface area (Å²) in [5, 5.41) is 15.9. The molecule has 1 heterocycles. The number of methoxy groups -OCH3 is 1. The Morgan fingerprint density at radius 3 is 2.49 bits per heavy atom. The third-order valence-corrected chi connectivity index (χ3v) is 7.95. The largest absolute Gasteiger partial charge is 0.497 e. The van der Waals surface area contributed by atoms with Crippen LogP contribution in [0.4, 0.5) is 4.39 Å². The predicted octanol–water partition coefficient (Wildman–Crippen LogP) is 6.26. The van der Waals surface area contributed by atoms with E-state index in [1.54, 1.807) is 55.6 Å². The summed E-state index contributed by atoms with van der Waals surface area (Å²) in [6.07, 6.45) is 0.0221. The molecule has 10 nitrogen and oxygen atoms in total. The summed E-state index contributed by atoms with van der Waals surface area (Å²) >= 11 is 0. The first-order valence-corrected chi connectivity index (χ1v) is 15.3. The van der Waals surface area contributed by atoms with Crippen molar-refractivity contribution in [1.82, 2.24) is 5.32 Å². The van der Waals surface area contributed by atoms with E-state index in [1.165, 1.54) is 6.07 Å². The van der Waals surface area contributed by atoms with Crippen LogP contribution in [-0.2, 0) is 28.9 Å². The first kappa shape index (κ1) is 33.0. The van der Waals surface area contributed by atoms with E-state index in [9.17, 15) is 9.18 Å². The number of azide groups is 1. The van der Waals surface area contributed by atoms with Crippen LogP contribution >= 0.6 is 0 Å². The Bertz CT molecular complexity index is 1760. The number of ether oxygens (including phenoxy) is 3. The number of aliphatic hydroxyl groups excluding tert-OH is 1. The van der Waals surface area contributed by atoms with Gasteiger partial charge in [0, 0.05) is 36.5 Å². The molecule has 0 aromatic heterocycles. The number of carbonyl (C=O) groups excluding carboxylic acids is 1. The summed E-state index contributed by atoms with van der Waals surface area (Å²) in [5.41, 5.74) is 10.8. The number of hydrogen-bond donors (Lipinski definition) is 2. The number of nitrogens with zero attached hydrogens (tertiary/aromatic N) is 4. The van der Waals surface area contributed by atoms with Crippen molar-refractivity contribution < 1.29 is 28.5 Å². The Morgan fingerprint density at radius 2 is 1.77 bits per heavy atom. The van der Waals surface area contributed by atoms with Crippen molar-refractivity contribution in [2.45, 2.75) is 37.5 Å². The summed E-state index contributed by atoms with van der Waals surface area (Å²) in [7, 11) is 1.56. The Morgan fingerprint density at radius 1 is 1.02 bits per heavy atom. The summed E-state index contributed by atoms with van der Waals surface area (Å²) in [5.74, 6) is 0.720. The second-order valence-electron chi connectivity index (χ2n) is 11.0. The molecular weight excluding hydrogens is 601 g/mol. The molecule has 0 bridgehead atoms. The molecule has 0 saturated heterocycles. The van der Waals surface area contributed by atoms with Gasteiger partial charge in [0.15, 0.2) is 11.6 Å². The number of aliphatic imine (C=N–C) groups is 1. The molecule has 0 spiro atoms. The molecule has 1 aliphatic rings. The minimum absolute atomic E-state index is 0.0326. The predicted molar refractivity (Wildman–Crippen MR) is 176 cm³/mol. The fourth-order valence-electron chi connectivity index (χ4n) is 5.53. The average molecular weight is 638 g/mol. The van der Waals surface area contributed by atoms with Gasteiger partial charge in [0.05, 0.1) is 20.3 Å². The zero-order valence-electron chi connectivity index (χ0n) is 26.0. The van der Waals surface area contributed by atoms with Crippen LogP contribution in [-0.4, -0.2) is 49.3 Å². The van der Waals surface area contributed by atoms with E-state index in [0.717, 1.165) is 11.1 Å². The molecule has 2 N–H and O–H groups in total. The van der Waals surface area contributed by atoms with Gasteiger partial charge in [-0.3, -0.25) is 4.79 Å². The van der Waals surface area contributed by atoms with Crippen LogP contribution in [0, 0.1) is 5.82 Å². The number of aliphatic hydroxyl groups is 1. The first-order valence-electron chi connectivity index (χ1n) is 15.3. The number of nitrogens with one attached hydrogen (secondary N) is 1. The van der Waals surface area contributed by atoms with Gasteiger partial charge in [-0.2, -0.15) is 0 Å². The summed E-state index contributed by atoms with van der Waals surface area (Å²) in [6, 6.07) is 28.4. The Hall–Kier alpha value is -5.38. The fourth-order valence-corrected chi connectivity index (χ4v) is 5.53. The van der Waals surface area contributed by atoms with Crippen LogP contribution in [0.1, 0.15) is 40.3 Å². The van der Waals surface area contributed by atoms with Crippen molar-refractivity contribution in [3.8, 4) is 11.5 Å². The van der Waals surface area contributed by atoms with Gasteiger partial charge >= 0.3 is 0 Å². The van der Waals surface area contributed by atoms with Gasteiger partial charge in [0.1, 0.15) is 17.3 Å². The van der Waals surface area contributed by atoms with Crippen LogP contribution in [0.3, 0.4) is 0 Å². The SMILES string of the molecule is COc1cccc([C@H]2OC(c3ccc(OCCCO)cc3)=N[C@@]2(Cc2ccccc2CN=[N+]=[N-])C(=O)NCCc2ccccc2F)c1. The maximum Gasteiger partial charge on any atom is 0.252 e. The van der Waals surface area contributed by atoms with Crippen molar-refractivity contribution in [1.29, 1.82) is 0 Å². The quantitative estimate of drug-likeness (QED) is 0.0686. The Kier molecular flexibility index (Phi) is 11.1. The van der Waals surface area contributed by atoms with Gasteiger partial charge in [0.25, 0.3) is 5.91 Å². The molecule has 0 fully saturated rings. The minimum atomic E-state index is -1.51. The lowest BCUT2D eigenvalue weighted by Crippen LogP contribution is -2.50. The second kappa shape index (κ2) is 15.8. The highest BCUT2D eigenvalue weighted by atomic mass is 19.1. The number of halogens is 1. The number of amides is 1. The molecule has 0 aliphatic carbocycles. The third-order valence-electron chi connectivity index (χ3n) is 7.95. The molecule has 2 atom stereocenters. The van der Waals surface area contributed by atoms with Crippen molar-refractivity contribution in [3.05, 3.63) is 141 Å². The van der Waals surface area contributed by atoms with Crippen molar-refractivity contribution >= 4 is 11.8 Å². The van der Waals surface area contributed by atoms with Crippen molar-refractivity contribution in [3.63, 3.8) is 0 Å². The van der Waals surface area contributed by atoms with E-state index >= 15 is 0 Å². The smallest absolute Gasteiger partial charge is 0.252 e. The van der Waals surface area contributed by atoms with Gasteiger partial charge in [-0.15, -0.1) is 0 Å². The summed E-state index contributed by atoms with van der Waals surface area (Å²) in [4.78, 5) is 22.5. The molecule has 47 heavy (non-hydrogen) atoms. The second-order valence-corrected chi connectivity index (χ2v) is 11.0. The fraction of sp³-hybridized carbons (Fsp3) is 0.278. The zero-order chi connectivity index (χ0) is 33.1. The standard InChI is InChI=1S/C36H36FN5O5/c1-45-31-12-6-11-27(22-31)33-36(23-28-9-2-3-10-29(28)24-40-42-38,35(44)39-19-18-25-8-4-5-13-32(25)37)41-34(47-33)26-14-16-30(17-15-26)46-21-7-20-43/h2-6,8-17,22,33,43H,7,18-21,23-24H2,1H3,(H,39,44)/t33-,36-/m1/s1. The van der Waals surface area contributed by atoms with Crippen LogP contribution in [0.15, 0.2) is 107 Å². The van der Waals surface area contributed by atoms with Crippen molar-refractivity contribution in [2.75, 3.05) is 26.9 Å². The van der Waals surface area contributed by atoms with Crippen LogP contribution in [0.2, 0.25) is 0 Å². The molecule has 1 amide bonds. The first-order chi connectivity index (χ1) is 23.0. The number of hydrogen-bond acceptors (Lipinski definition) is 7. The number of carbonyl (C=O) groups is 1. The molecule has 5 rings (SSSR count). The van der Waals surface area contributed by atoms with E-state index in [-0.39, 0.29) is 44.3 Å². The highest BCUT2D eigenvalue weighted by Crippen LogP contribution is 2.43. The molecule has 0 saturated carbocycles.